The van der Waals surface area contributed by atoms with E-state index >= 15 is 0 Å². The Balaban J connectivity index is 1.66. The maximum atomic E-state index is 12.8. The smallest absolute Gasteiger partial charge is 0.167 e. The number of likely N-dealkylation sites (tertiary alicyclic amines) is 1. The molecule has 1 heterocycles. The van der Waals surface area contributed by atoms with E-state index in [-0.39, 0.29) is 11.7 Å². The lowest BCUT2D eigenvalue weighted by Gasteiger charge is -2.32. The number of hydrogen-bond donors (Lipinski definition) is 1. The summed E-state index contributed by atoms with van der Waals surface area (Å²) in [6.45, 7) is 2.43. The summed E-state index contributed by atoms with van der Waals surface area (Å²) in [6, 6.07) is 15.3. The molecule has 24 heavy (non-hydrogen) atoms. The zero-order chi connectivity index (χ0) is 16.9. The van der Waals surface area contributed by atoms with E-state index in [1.165, 1.54) is 4.90 Å². The SMILES string of the molecule is CSc1ccc(C(=O)[C@H]2CCCN(Cc3ccccc3O)C2)cc1. The number of carbonyl (C=O) groups is 1. The van der Waals surface area contributed by atoms with Crippen LogP contribution in [-0.4, -0.2) is 35.1 Å². The van der Waals surface area contributed by atoms with Gasteiger partial charge in [0, 0.05) is 35.0 Å². The number of piperidine rings is 1. The van der Waals surface area contributed by atoms with E-state index in [1.807, 2.05) is 48.7 Å². The van der Waals surface area contributed by atoms with Crippen LogP contribution in [0.15, 0.2) is 53.4 Å². The van der Waals surface area contributed by atoms with Gasteiger partial charge in [-0.15, -0.1) is 11.8 Å². The van der Waals surface area contributed by atoms with Gasteiger partial charge in [-0.05, 0) is 43.8 Å². The van der Waals surface area contributed by atoms with Crippen LogP contribution in [0.1, 0.15) is 28.8 Å². The molecule has 1 fully saturated rings. The number of thioether (sulfide) groups is 1. The Morgan fingerprint density at radius 2 is 1.96 bits per heavy atom. The van der Waals surface area contributed by atoms with Gasteiger partial charge >= 0.3 is 0 Å². The van der Waals surface area contributed by atoms with Crippen LogP contribution < -0.4 is 0 Å². The van der Waals surface area contributed by atoms with Gasteiger partial charge in [-0.1, -0.05) is 30.3 Å². The Kier molecular flexibility index (Phi) is 5.59. The van der Waals surface area contributed by atoms with E-state index < -0.39 is 0 Å². The topological polar surface area (TPSA) is 40.5 Å². The van der Waals surface area contributed by atoms with Crippen LogP contribution in [0.5, 0.6) is 5.75 Å². The predicted molar refractivity (Wildman–Crippen MR) is 98.7 cm³/mol. The highest BCUT2D eigenvalue weighted by Gasteiger charge is 2.26. The first-order valence-electron chi connectivity index (χ1n) is 8.35. The number of para-hydroxylation sites is 1. The molecule has 0 unspecified atom stereocenters. The fourth-order valence-corrected chi connectivity index (χ4v) is 3.70. The number of phenols is 1. The highest BCUT2D eigenvalue weighted by Crippen LogP contribution is 2.25. The average Bonchev–Trinajstić information content (AvgIpc) is 2.63. The number of benzene rings is 2. The fourth-order valence-electron chi connectivity index (χ4n) is 3.29. The number of hydrogen-bond acceptors (Lipinski definition) is 4. The van der Waals surface area contributed by atoms with Crippen molar-refractivity contribution in [2.75, 3.05) is 19.3 Å². The van der Waals surface area contributed by atoms with E-state index in [4.69, 9.17) is 0 Å². The summed E-state index contributed by atoms with van der Waals surface area (Å²) in [5.74, 6) is 0.618. The highest BCUT2D eigenvalue weighted by atomic mass is 32.2. The van der Waals surface area contributed by atoms with Gasteiger partial charge in [0.1, 0.15) is 5.75 Å². The molecule has 0 aliphatic carbocycles. The van der Waals surface area contributed by atoms with Crippen molar-refractivity contribution in [3.05, 3.63) is 59.7 Å². The molecule has 0 amide bonds. The molecule has 1 aliphatic rings. The first-order chi connectivity index (χ1) is 11.7. The summed E-state index contributed by atoms with van der Waals surface area (Å²) in [6.07, 6.45) is 4.00. The van der Waals surface area contributed by atoms with Crippen LogP contribution in [0, 0.1) is 5.92 Å². The summed E-state index contributed by atoms with van der Waals surface area (Å²) < 4.78 is 0. The Morgan fingerprint density at radius 1 is 1.21 bits per heavy atom. The quantitative estimate of drug-likeness (QED) is 0.653. The van der Waals surface area contributed by atoms with Crippen LogP contribution >= 0.6 is 11.8 Å². The van der Waals surface area contributed by atoms with Crippen molar-refractivity contribution in [3.63, 3.8) is 0 Å². The summed E-state index contributed by atoms with van der Waals surface area (Å²) in [5, 5.41) is 9.95. The van der Waals surface area contributed by atoms with Gasteiger partial charge in [-0.3, -0.25) is 9.69 Å². The number of Topliss-reactive ketones (excluding diaryl/α,β-unsaturated/α-hetero) is 1. The standard InChI is InChI=1S/C20H23NO2S/c1-24-18-10-8-15(9-11-18)20(23)17-6-4-12-21(14-17)13-16-5-2-3-7-19(16)22/h2-3,5,7-11,17,22H,4,6,12-14H2,1H3/t17-/m0/s1. The van der Waals surface area contributed by atoms with E-state index in [1.54, 1.807) is 17.8 Å². The van der Waals surface area contributed by atoms with Gasteiger partial charge < -0.3 is 5.11 Å². The zero-order valence-electron chi connectivity index (χ0n) is 13.9. The fraction of sp³-hybridized carbons (Fsp3) is 0.350. The van der Waals surface area contributed by atoms with Gasteiger partial charge in [0.15, 0.2) is 5.78 Å². The first kappa shape index (κ1) is 17.1. The third-order valence-electron chi connectivity index (χ3n) is 4.64. The molecule has 2 aromatic rings. The minimum atomic E-state index is 0.0461. The third kappa shape index (κ3) is 4.00. The molecule has 3 nitrogen and oxygen atoms in total. The summed E-state index contributed by atoms with van der Waals surface area (Å²) in [5.41, 5.74) is 1.73. The molecule has 0 saturated carbocycles. The van der Waals surface area contributed by atoms with Gasteiger partial charge in [0.05, 0.1) is 0 Å². The molecule has 0 radical (unpaired) electrons. The van der Waals surface area contributed by atoms with Crippen LogP contribution in [0.3, 0.4) is 0 Å². The lowest BCUT2D eigenvalue weighted by Crippen LogP contribution is -2.38. The lowest BCUT2D eigenvalue weighted by molar-refractivity contribution is 0.0811. The van der Waals surface area contributed by atoms with Crippen molar-refractivity contribution in [1.29, 1.82) is 0 Å². The van der Waals surface area contributed by atoms with Crippen LogP contribution in [0.2, 0.25) is 0 Å². The van der Waals surface area contributed by atoms with Crippen molar-refractivity contribution >= 4 is 17.5 Å². The molecule has 1 N–H and O–H groups in total. The van der Waals surface area contributed by atoms with E-state index in [9.17, 15) is 9.90 Å². The normalized spacial score (nSPS) is 18.5. The molecule has 0 aromatic heterocycles. The maximum absolute atomic E-state index is 12.8. The number of rotatable bonds is 5. The van der Waals surface area contributed by atoms with Crippen molar-refractivity contribution in [2.24, 2.45) is 5.92 Å². The van der Waals surface area contributed by atoms with Gasteiger partial charge in [-0.25, -0.2) is 0 Å². The second-order valence-electron chi connectivity index (χ2n) is 6.30. The Bertz CT molecular complexity index is 699. The molecule has 126 valence electrons. The average molecular weight is 341 g/mol. The summed E-state index contributed by atoms with van der Waals surface area (Å²) in [4.78, 5) is 16.2. The highest BCUT2D eigenvalue weighted by molar-refractivity contribution is 7.98. The Morgan fingerprint density at radius 3 is 2.67 bits per heavy atom. The van der Waals surface area contributed by atoms with E-state index in [2.05, 4.69) is 4.90 Å². The molecule has 1 aliphatic heterocycles. The van der Waals surface area contributed by atoms with Crippen LogP contribution in [0.25, 0.3) is 0 Å². The van der Waals surface area contributed by atoms with Crippen LogP contribution in [-0.2, 0) is 6.54 Å². The molecule has 1 saturated heterocycles. The van der Waals surface area contributed by atoms with E-state index in [0.29, 0.717) is 12.3 Å². The first-order valence-corrected chi connectivity index (χ1v) is 9.57. The Hall–Kier alpha value is -1.78. The van der Waals surface area contributed by atoms with Crippen molar-refractivity contribution in [3.8, 4) is 5.75 Å². The lowest BCUT2D eigenvalue weighted by atomic mass is 9.90. The maximum Gasteiger partial charge on any atom is 0.167 e. The number of nitrogens with zero attached hydrogens (tertiary/aromatic N) is 1. The van der Waals surface area contributed by atoms with Gasteiger partial charge in [-0.2, -0.15) is 0 Å². The van der Waals surface area contributed by atoms with Crippen molar-refractivity contribution in [1.82, 2.24) is 4.90 Å². The number of ketones is 1. The summed E-state index contributed by atoms with van der Waals surface area (Å²) in [7, 11) is 0. The molecule has 3 rings (SSSR count). The number of phenolic OH excluding ortho intramolecular Hbond substituents is 1. The molecular formula is C20H23NO2S. The van der Waals surface area contributed by atoms with Gasteiger partial charge in [0.25, 0.3) is 0 Å². The summed E-state index contributed by atoms with van der Waals surface area (Å²) >= 11 is 1.68. The minimum absolute atomic E-state index is 0.0461. The molecule has 4 heteroatoms. The van der Waals surface area contributed by atoms with Gasteiger partial charge in [0.2, 0.25) is 0 Å². The Labute approximate surface area is 147 Å². The minimum Gasteiger partial charge on any atom is -0.508 e. The monoisotopic (exact) mass is 341 g/mol. The molecular weight excluding hydrogens is 318 g/mol. The zero-order valence-corrected chi connectivity index (χ0v) is 14.8. The third-order valence-corrected chi connectivity index (χ3v) is 5.38. The largest absolute Gasteiger partial charge is 0.508 e. The molecule has 1 atom stereocenters. The molecule has 0 spiro atoms. The molecule has 2 aromatic carbocycles. The predicted octanol–water partition coefficient (Wildman–Crippen LogP) is 4.21. The molecule has 0 bridgehead atoms. The van der Waals surface area contributed by atoms with E-state index in [0.717, 1.165) is 37.1 Å². The second-order valence-corrected chi connectivity index (χ2v) is 7.18. The van der Waals surface area contributed by atoms with Crippen molar-refractivity contribution < 1.29 is 9.90 Å². The van der Waals surface area contributed by atoms with Crippen LogP contribution in [0.4, 0.5) is 0 Å². The number of aromatic hydroxyl groups is 1. The number of carbonyl (C=O) groups excluding carboxylic acids is 1. The van der Waals surface area contributed by atoms with Crippen molar-refractivity contribution in [2.45, 2.75) is 24.3 Å². The second kappa shape index (κ2) is 7.86.